The first-order chi connectivity index (χ1) is 5.02. The maximum atomic E-state index is 5.99. The average molecular weight is 171 g/mol. The van der Waals surface area contributed by atoms with Crippen molar-refractivity contribution in [2.75, 3.05) is 0 Å². The molecule has 0 saturated heterocycles. The van der Waals surface area contributed by atoms with Crippen LogP contribution in [0.5, 0.6) is 0 Å². The third kappa shape index (κ3) is 1.93. The molecule has 11 heavy (non-hydrogen) atoms. The molecule has 0 aliphatic heterocycles. The quantitative estimate of drug-likeness (QED) is 0.568. The maximum Gasteiger partial charge on any atom is 0.172 e. The van der Waals surface area contributed by atoms with E-state index >= 15 is 0 Å². The van der Waals surface area contributed by atoms with Gasteiger partial charge >= 0.3 is 0 Å². The molecule has 1 nitrogen and oxygen atoms in total. The zero-order chi connectivity index (χ0) is 8.48. The maximum absolute atomic E-state index is 5.99. The summed E-state index contributed by atoms with van der Waals surface area (Å²) in [6, 6.07) is 1.88. The molecule has 1 heterocycles. The lowest BCUT2D eigenvalue weighted by Gasteiger charge is -2.17. The molecule has 1 N–H and O–H groups in total. The molecule has 0 aliphatic rings. The average Bonchev–Trinajstić information content (AvgIpc) is 1.86. The lowest BCUT2D eigenvalue weighted by atomic mass is 9.88. The Morgan fingerprint density at radius 1 is 1.36 bits per heavy atom. The van der Waals surface area contributed by atoms with Crippen LogP contribution in [-0.2, 0) is 5.41 Å². The second-order valence-corrected chi connectivity index (χ2v) is 4.06. The van der Waals surface area contributed by atoms with Gasteiger partial charge in [0, 0.05) is 11.6 Å². The molecule has 0 aliphatic carbocycles. The monoisotopic (exact) mass is 170 g/mol. The molecule has 0 bridgehead atoms. The molecule has 0 atom stereocenters. The van der Waals surface area contributed by atoms with Crippen LogP contribution in [0.3, 0.4) is 0 Å². The molecular formula is C9H13ClN+. The number of hydrogen-bond donors (Lipinski definition) is 0. The summed E-state index contributed by atoms with van der Waals surface area (Å²) in [4.78, 5) is 3.02. The molecule has 1 aromatic heterocycles. The van der Waals surface area contributed by atoms with Crippen LogP contribution in [0.15, 0.2) is 18.5 Å². The van der Waals surface area contributed by atoms with Crippen LogP contribution in [0.25, 0.3) is 0 Å². The molecule has 0 fully saturated rings. The Kier molecular flexibility index (Phi) is 2.19. The number of hydrogen-bond acceptors (Lipinski definition) is 0. The van der Waals surface area contributed by atoms with Crippen molar-refractivity contribution in [1.82, 2.24) is 0 Å². The fraction of sp³-hybridized carbons (Fsp3) is 0.444. The van der Waals surface area contributed by atoms with Crippen molar-refractivity contribution in [2.24, 2.45) is 0 Å². The molecule has 0 radical (unpaired) electrons. The largest absolute Gasteiger partial charge is 0.217 e. The van der Waals surface area contributed by atoms with Gasteiger partial charge < -0.3 is 0 Å². The first-order valence-electron chi connectivity index (χ1n) is 3.68. The number of halogens is 1. The number of H-pyrrole nitrogens is 1. The zero-order valence-corrected chi connectivity index (χ0v) is 7.87. The molecule has 0 aromatic carbocycles. The van der Waals surface area contributed by atoms with Crippen LogP contribution < -0.4 is 4.98 Å². The molecular weight excluding hydrogens is 158 g/mol. The van der Waals surface area contributed by atoms with Crippen molar-refractivity contribution in [3.05, 3.63) is 29.0 Å². The molecule has 0 saturated carbocycles. The van der Waals surface area contributed by atoms with Crippen LogP contribution in [0.4, 0.5) is 0 Å². The predicted molar refractivity (Wildman–Crippen MR) is 46.7 cm³/mol. The van der Waals surface area contributed by atoms with Gasteiger partial charge in [0.15, 0.2) is 12.4 Å². The van der Waals surface area contributed by atoms with E-state index < -0.39 is 0 Å². The summed E-state index contributed by atoms with van der Waals surface area (Å²) in [5, 5.41) is 0.830. The molecule has 1 aromatic rings. The number of rotatable bonds is 0. The number of aromatic nitrogens is 1. The van der Waals surface area contributed by atoms with Crippen molar-refractivity contribution < 1.29 is 4.98 Å². The third-order valence-corrected chi connectivity index (χ3v) is 1.95. The van der Waals surface area contributed by atoms with Crippen molar-refractivity contribution in [2.45, 2.75) is 26.2 Å². The molecule has 0 amide bonds. The van der Waals surface area contributed by atoms with Gasteiger partial charge in [0.05, 0.1) is 5.02 Å². The normalized spacial score (nSPS) is 11.6. The van der Waals surface area contributed by atoms with E-state index in [2.05, 4.69) is 25.8 Å². The lowest BCUT2D eigenvalue weighted by molar-refractivity contribution is -0.379. The second kappa shape index (κ2) is 2.82. The van der Waals surface area contributed by atoms with Gasteiger partial charge in [-0.15, -0.1) is 0 Å². The van der Waals surface area contributed by atoms with E-state index in [9.17, 15) is 0 Å². The SMILES string of the molecule is CC(C)(C)c1c[nH+]ccc1Cl. The van der Waals surface area contributed by atoms with Gasteiger partial charge in [0.25, 0.3) is 0 Å². The van der Waals surface area contributed by atoms with Crippen LogP contribution in [-0.4, -0.2) is 0 Å². The summed E-state index contributed by atoms with van der Waals surface area (Å²) in [5.74, 6) is 0. The number of aromatic amines is 1. The summed E-state index contributed by atoms with van der Waals surface area (Å²) in [7, 11) is 0. The van der Waals surface area contributed by atoms with Crippen LogP contribution >= 0.6 is 11.6 Å². The van der Waals surface area contributed by atoms with Gasteiger partial charge in [-0.3, -0.25) is 0 Å². The van der Waals surface area contributed by atoms with E-state index in [-0.39, 0.29) is 5.41 Å². The van der Waals surface area contributed by atoms with Gasteiger partial charge in [0.1, 0.15) is 0 Å². The smallest absolute Gasteiger partial charge is 0.172 e. The Bertz CT molecular complexity index is 250. The fourth-order valence-electron chi connectivity index (χ4n) is 0.986. The Morgan fingerprint density at radius 2 is 2.00 bits per heavy atom. The zero-order valence-electron chi connectivity index (χ0n) is 7.11. The van der Waals surface area contributed by atoms with E-state index in [0.717, 1.165) is 10.6 Å². The van der Waals surface area contributed by atoms with Gasteiger partial charge in [-0.1, -0.05) is 32.4 Å². The standard InChI is InChI=1S/C9H12ClN/c1-9(2,3)7-6-11-5-4-8(7)10/h4-6H,1-3H3/p+1. The summed E-state index contributed by atoms with van der Waals surface area (Å²) in [6.45, 7) is 6.42. The summed E-state index contributed by atoms with van der Waals surface area (Å²) >= 11 is 5.99. The van der Waals surface area contributed by atoms with E-state index in [1.165, 1.54) is 0 Å². The Labute approximate surface area is 72.4 Å². The third-order valence-electron chi connectivity index (χ3n) is 1.62. The van der Waals surface area contributed by atoms with Crippen LogP contribution in [0.1, 0.15) is 26.3 Å². The lowest BCUT2D eigenvalue weighted by Crippen LogP contribution is -2.15. The number of nitrogens with one attached hydrogen (secondary N) is 1. The highest BCUT2D eigenvalue weighted by molar-refractivity contribution is 6.31. The molecule has 0 spiro atoms. The Hall–Kier alpha value is -0.560. The van der Waals surface area contributed by atoms with E-state index in [0.29, 0.717) is 0 Å². The molecule has 60 valence electrons. The van der Waals surface area contributed by atoms with E-state index in [4.69, 9.17) is 11.6 Å². The first kappa shape index (κ1) is 8.54. The summed E-state index contributed by atoms with van der Waals surface area (Å²) in [5.41, 5.74) is 1.27. The molecule has 2 heteroatoms. The highest BCUT2D eigenvalue weighted by atomic mass is 35.5. The summed E-state index contributed by atoms with van der Waals surface area (Å²) in [6.07, 6.45) is 3.78. The summed E-state index contributed by atoms with van der Waals surface area (Å²) < 4.78 is 0. The van der Waals surface area contributed by atoms with Gasteiger partial charge in [0.2, 0.25) is 0 Å². The Morgan fingerprint density at radius 3 is 2.36 bits per heavy atom. The fourth-order valence-corrected chi connectivity index (χ4v) is 1.39. The molecule has 0 unspecified atom stereocenters. The number of pyridine rings is 1. The van der Waals surface area contributed by atoms with Gasteiger partial charge in [-0.05, 0) is 5.41 Å². The highest BCUT2D eigenvalue weighted by Crippen LogP contribution is 2.26. The van der Waals surface area contributed by atoms with Crippen LogP contribution in [0, 0.1) is 0 Å². The van der Waals surface area contributed by atoms with Crippen molar-refractivity contribution in [3.8, 4) is 0 Å². The van der Waals surface area contributed by atoms with Crippen molar-refractivity contribution >= 4 is 11.6 Å². The first-order valence-corrected chi connectivity index (χ1v) is 4.05. The van der Waals surface area contributed by atoms with Crippen LogP contribution in [0.2, 0.25) is 5.02 Å². The minimum Gasteiger partial charge on any atom is -0.217 e. The van der Waals surface area contributed by atoms with Crippen molar-refractivity contribution in [3.63, 3.8) is 0 Å². The molecule has 1 rings (SSSR count). The minimum absolute atomic E-state index is 0.120. The minimum atomic E-state index is 0.120. The highest BCUT2D eigenvalue weighted by Gasteiger charge is 2.18. The van der Waals surface area contributed by atoms with Gasteiger partial charge in [-0.2, -0.15) is 0 Å². The topological polar surface area (TPSA) is 14.1 Å². The van der Waals surface area contributed by atoms with Gasteiger partial charge in [-0.25, -0.2) is 4.98 Å². The van der Waals surface area contributed by atoms with E-state index in [1.54, 1.807) is 0 Å². The second-order valence-electron chi connectivity index (χ2n) is 3.66. The predicted octanol–water partition coefficient (Wildman–Crippen LogP) is 2.45. The van der Waals surface area contributed by atoms with Crippen molar-refractivity contribution in [1.29, 1.82) is 0 Å². The van der Waals surface area contributed by atoms with E-state index in [1.807, 2.05) is 18.5 Å². The Balaban J connectivity index is 3.14.